The van der Waals surface area contributed by atoms with E-state index in [1.165, 1.54) is 0 Å². The van der Waals surface area contributed by atoms with Crippen molar-refractivity contribution in [3.8, 4) is 11.4 Å². The second-order valence-electron chi connectivity index (χ2n) is 6.73. The van der Waals surface area contributed by atoms with Crippen molar-refractivity contribution in [1.29, 1.82) is 0 Å². The third-order valence-corrected chi connectivity index (χ3v) is 4.76. The van der Waals surface area contributed by atoms with Crippen molar-refractivity contribution >= 4 is 11.7 Å². The molecule has 1 aliphatic heterocycles. The molecular formula is C21H28N4O2. The van der Waals surface area contributed by atoms with Crippen LogP contribution in [0, 0.1) is 5.92 Å². The summed E-state index contributed by atoms with van der Waals surface area (Å²) in [6, 6.07) is 11.9. The molecule has 144 valence electrons. The fourth-order valence-electron chi connectivity index (χ4n) is 3.33. The lowest BCUT2D eigenvalue weighted by molar-refractivity contribution is -0.125. The molecular weight excluding hydrogens is 340 g/mol. The molecule has 27 heavy (non-hydrogen) atoms. The molecule has 0 saturated carbocycles. The number of aromatic nitrogens is 2. The molecule has 3 rings (SSSR count). The topological polar surface area (TPSA) is 67.3 Å². The third-order valence-electron chi connectivity index (χ3n) is 4.76. The Bertz CT molecular complexity index is 723. The Hall–Kier alpha value is -2.47. The van der Waals surface area contributed by atoms with Crippen LogP contribution in [0.25, 0.3) is 11.4 Å². The largest absolute Gasteiger partial charge is 0.382 e. The number of nitrogens with zero attached hydrogens (tertiary/aromatic N) is 3. The number of piperidine rings is 1. The van der Waals surface area contributed by atoms with Gasteiger partial charge in [0.25, 0.3) is 0 Å². The third kappa shape index (κ3) is 5.50. The highest BCUT2D eigenvalue weighted by Gasteiger charge is 2.26. The van der Waals surface area contributed by atoms with Crippen molar-refractivity contribution in [3.63, 3.8) is 0 Å². The summed E-state index contributed by atoms with van der Waals surface area (Å²) in [6.45, 7) is 5.67. The van der Waals surface area contributed by atoms with E-state index in [0.717, 1.165) is 49.6 Å². The number of amides is 1. The van der Waals surface area contributed by atoms with E-state index in [9.17, 15) is 4.79 Å². The van der Waals surface area contributed by atoms with E-state index in [1.54, 1.807) is 6.20 Å². The van der Waals surface area contributed by atoms with Gasteiger partial charge in [-0.3, -0.25) is 4.79 Å². The van der Waals surface area contributed by atoms with Gasteiger partial charge in [0.2, 0.25) is 5.91 Å². The number of hydrogen-bond donors (Lipinski definition) is 1. The number of rotatable bonds is 8. The van der Waals surface area contributed by atoms with Crippen LogP contribution in [0.1, 0.15) is 26.2 Å². The van der Waals surface area contributed by atoms with Crippen LogP contribution in [-0.2, 0) is 9.53 Å². The van der Waals surface area contributed by atoms with Crippen LogP contribution in [0.5, 0.6) is 0 Å². The highest BCUT2D eigenvalue weighted by Crippen LogP contribution is 2.23. The van der Waals surface area contributed by atoms with Gasteiger partial charge in [-0.05, 0) is 32.3 Å². The van der Waals surface area contributed by atoms with Gasteiger partial charge in [-0.1, -0.05) is 30.3 Å². The molecule has 6 heteroatoms. The summed E-state index contributed by atoms with van der Waals surface area (Å²) in [7, 11) is 0. The van der Waals surface area contributed by atoms with E-state index in [4.69, 9.17) is 9.72 Å². The summed E-state index contributed by atoms with van der Waals surface area (Å²) in [5.41, 5.74) is 1.000. The molecule has 1 aliphatic rings. The maximum absolute atomic E-state index is 12.5. The summed E-state index contributed by atoms with van der Waals surface area (Å²) >= 11 is 0. The summed E-state index contributed by atoms with van der Waals surface area (Å²) in [6.07, 6.45) is 4.55. The molecule has 1 fully saturated rings. The zero-order valence-corrected chi connectivity index (χ0v) is 15.9. The number of nitrogens with one attached hydrogen (secondary N) is 1. The Labute approximate surface area is 161 Å². The standard InChI is InChI=1S/C21H28N4O2/c1-2-27-15-7-12-23-21(26)18-10-6-14-25(16-18)19-11-13-22-20(24-19)17-8-4-3-5-9-17/h3-5,8-9,11,13,18H,2,6-7,10,12,14-16H2,1H3,(H,23,26). The van der Waals surface area contributed by atoms with Crippen LogP contribution in [-0.4, -0.2) is 48.7 Å². The van der Waals surface area contributed by atoms with Crippen molar-refractivity contribution in [2.75, 3.05) is 37.7 Å². The maximum atomic E-state index is 12.5. The summed E-state index contributed by atoms with van der Waals surface area (Å²) in [4.78, 5) is 23.8. The van der Waals surface area contributed by atoms with E-state index >= 15 is 0 Å². The van der Waals surface area contributed by atoms with Gasteiger partial charge in [0.05, 0.1) is 5.92 Å². The fourth-order valence-corrected chi connectivity index (χ4v) is 3.33. The monoisotopic (exact) mass is 368 g/mol. The number of carbonyl (C=O) groups excluding carboxylic acids is 1. The lowest BCUT2D eigenvalue weighted by Gasteiger charge is -2.33. The molecule has 1 amide bonds. The Morgan fingerprint density at radius 1 is 1.30 bits per heavy atom. The lowest BCUT2D eigenvalue weighted by Crippen LogP contribution is -2.43. The Kier molecular flexibility index (Phi) is 7.16. The van der Waals surface area contributed by atoms with Crippen molar-refractivity contribution in [2.24, 2.45) is 5.92 Å². The minimum absolute atomic E-state index is 0.000911. The molecule has 0 bridgehead atoms. The van der Waals surface area contributed by atoms with Crippen LogP contribution in [0.4, 0.5) is 5.82 Å². The van der Waals surface area contributed by atoms with Crippen LogP contribution in [0.15, 0.2) is 42.6 Å². The molecule has 0 radical (unpaired) electrons. The number of hydrogen-bond acceptors (Lipinski definition) is 5. The molecule has 1 unspecified atom stereocenters. The van der Waals surface area contributed by atoms with Crippen molar-refractivity contribution in [3.05, 3.63) is 42.6 Å². The first-order chi connectivity index (χ1) is 13.3. The summed E-state index contributed by atoms with van der Waals surface area (Å²) < 4.78 is 5.31. The van der Waals surface area contributed by atoms with Crippen LogP contribution < -0.4 is 10.2 Å². The van der Waals surface area contributed by atoms with Crippen LogP contribution in [0.3, 0.4) is 0 Å². The van der Waals surface area contributed by atoms with Gasteiger partial charge in [0, 0.05) is 44.6 Å². The first-order valence-corrected chi connectivity index (χ1v) is 9.77. The van der Waals surface area contributed by atoms with Gasteiger partial charge >= 0.3 is 0 Å². The zero-order chi connectivity index (χ0) is 18.9. The molecule has 1 aromatic carbocycles. The van der Waals surface area contributed by atoms with E-state index in [0.29, 0.717) is 19.7 Å². The van der Waals surface area contributed by atoms with Crippen molar-refractivity contribution in [2.45, 2.75) is 26.2 Å². The number of anilines is 1. The van der Waals surface area contributed by atoms with E-state index in [1.807, 2.05) is 43.3 Å². The van der Waals surface area contributed by atoms with Gasteiger partial charge < -0.3 is 15.0 Å². The second-order valence-corrected chi connectivity index (χ2v) is 6.73. The number of benzene rings is 1. The SMILES string of the molecule is CCOCCCNC(=O)C1CCCN(c2ccnc(-c3ccccc3)n2)C1. The fraction of sp³-hybridized carbons (Fsp3) is 0.476. The first-order valence-electron chi connectivity index (χ1n) is 9.77. The molecule has 6 nitrogen and oxygen atoms in total. The molecule has 1 saturated heterocycles. The molecule has 0 spiro atoms. The minimum Gasteiger partial charge on any atom is -0.382 e. The molecule has 1 aromatic heterocycles. The normalized spacial score (nSPS) is 16.9. The number of ether oxygens (including phenoxy) is 1. The zero-order valence-electron chi connectivity index (χ0n) is 15.9. The summed E-state index contributed by atoms with van der Waals surface area (Å²) in [5.74, 6) is 1.74. The van der Waals surface area contributed by atoms with E-state index in [2.05, 4.69) is 15.2 Å². The molecule has 1 N–H and O–H groups in total. The lowest BCUT2D eigenvalue weighted by atomic mass is 9.97. The van der Waals surface area contributed by atoms with Gasteiger partial charge in [-0.2, -0.15) is 0 Å². The Morgan fingerprint density at radius 2 is 2.15 bits per heavy atom. The molecule has 2 aromatic rings. The molecule has 1 atom stereocenters. The number of carbonyl (C=O) groups is 1. The highest BCUT2D eigenvalue weighted by molar-refractivity contribution is 5.79. The smallest absolute Gasteiger partial charge is 0.224 e. The summed E-state index contributed by atoms with van der Waals surface area (Å²) in [5, 5.41) is 3.04. The van der Waals surface area contributed by atoms with Gasteiger partial charge in [0.1, 0.15) is 5.82 Å². The Balaban J connectivity index is 1.59. The van der Waals surface area contributed by atoms with Gasteiger partial charge in [-0.25, -0.2) is 9.97 Å². The van der Waals surface area contributed by atoms with Gasteiger partial charge in [-0.15, -0.1) is 0 Å². The van der Waals surface area contributed by atoms with E-state index in [-0.39, 0.29) is 11.8 Å². The van der Waals surface area contributed by atoms with Crippen LogP contribution >= 0.6 is 0 Å². The van der Waals surface area contributed by atoms with Gasteiger partial charge in [0.15, 0.2) is 5.82 Å². The average Bonchev–Trinajstić information content (AvgIpc) is 2.74. The highest BCUT2D eigenvalue weighted by atomic mass is 16.5. The second kappa shape index (κ2) is 10.0. The quantitative estimate of drug-likeness (QED) is 0.726. The van der Waals surface area contributed by atoms with E-state index < -0.39 is 0 Å². The maximum Gasteiger partial charge on any atom is 0.224 e. The van der Waals surface area contributed by atoms with Crippen molar-refractivity contribution < 1.29 is 9.53 Å². The average molecular weight is 368 g/mol. The predicted octanol–water partition coefficient (Wildman–Crippen LogP) is 2.90. The molecule has 0 aliphatic carbocycles. The Morgan fingerprint density at radius 3 is 2.96 bits per heavy atom. The first kappa shape index (κ1) is 19.3. The minimum atomic E-state index is 0.000911. The predicted molar refractivity (Wildman–Crippen MR) is 107 cm³/mol. The van der Waals surface area contributed by atoms with Crippen molar-refractivity contribution in [1.82, 2.24) is 15.3 Å². The molecule has 2 heterocycles. The van der Waals surface area contributed by atoms with Crippen LogP contribution in [0.2, 0.25) is 0 Å².